The Morgan fingerprint density at radius 3 is 2.11 bits per heavy atom. The van der Waals surface area contributed by atoms with E-state index in [1.807, 2.05) is 27.7 Å². The van der Waals surface area contributed by atoms with Crippen LogP contribution in [0.2, 0.25) is 0 Å². The van der Waals surface area contributed by atoms with Crippen LogP contribution < -0.4 is 4.90 Å². The number of carbonyl (C=O) groups is 1. The minimum Gasteiger partial charge on any atom is -0.478 e. The van der Waals surface area contributed by atoms with Gasteiger partial charge in [-0.05, 0) is 23.5 Å². The lowest BCUT2D eigenvalue weighted by atomic mass is 10.0. The molecular weight excluding hydrogens is 365 g/mol. The maximum Gasteiger partial charge on any atom is 0.417 e. The average molecular weight is 388 g/mol. The van der Waals surface area contributed by atoms with Gasteiger partial charge >= 0.3 is 12.1 Å². The van der Waals surface area contributed by atoms with E-state index in [0.717, 1.165) is 12.1 Å². The van der Waals surface area contributed by atoms with Crippen molar-refractivity contribution < 1.29 is 28.0 Å². The highest BCUT2D eigenvalue weighted by molar-refractivity contribution is 5.92. The number of nitro groups is 1. The molecule has 6 nitrogen and oxygen atoms in total. The molecule has 1 aromatic carbocycles. The Balaban J connectivity index is 3.55. The van der Waals surface area contributed by atoms with E-state index in [1.165, 1.54) is 6.07 Å². The van der Waals surface area contributed by atoms with Crippen LogP contribution in [0.3, 0.4) is 0 Å². The summed E-state index contributed by atoms with van der Waals surface area (Å²) in [6, 6.07) is 3.10. The van der Waals surface area contributed by atoms with E-state index in [-0.39, 0.29) is 23.6 Å². The first kappa shape index (κ1) is 22.5. The zero-order valence-electron chi connectivity index (χ0n) is 15.6. The van der Waals surface area contributed by atoms with E-state index in [9.17, 15) is 28.1 Å². The fourth-order valence-electron chi connectivity index (χ4n) is 2.71. The Bertz CT molecular complexity index is 718. The molecule has 0 heterocycles. The molecule has 9 heteroatoms. The Morgan fingerprint density at radius 2 is 1.74 bits per heavy atom. The number of hydrogen-bond donors (Lipinski definition) is 1. The summed E-state index contributed by atoms with van der Waals surface area (Å²) in [6.45, 7) is 8.73. The van der Waals surface area contributed by atoms with Gasteiger partial charge in [0.2, 0.25) is 0 Å². The lowest BCUT2D eigenvalue weighted by Crippen LogP contribution is -2.31. The van der Waals surface area contributed by atoms with Gasteiger partial charge < -0.3 is 10.0 Å². The van der Waals surface area contributed by atoms with Crippen LogP contribution in [0.1, 0.15) is 33.3 Å². The minimum atomic E-state index is -4.96. The standard InChI is InChI=1S/C18H23F3N2O4/c1-11(2)9-22(10-12(3)4)15-6-5-13(7-16(15)23(26)27)14(8-17(24)25)18(19,20)21/h5-8,11-12H,9-10H2,1-4H3,(H,24,25). The fraction of sp³-hybridized carbons (Fsp3) is 0.500. The number of carboxylic acids is 1. The number of allylic oxidation sites excluding steroid dienone is 1. The van der Waals surface area contributed by atoms with Crippen molar-refractivity contribution >= 4 is 22.9 Å². The Hall–Kier alpha value is -2.58. The van der Waals surface area contributed by atoms with Crippen LogP contribution in [0.25, 0.3) is 5.57 Å². The van der Waals surface area contributed by atoms with Crippen LogP contribution in [0.15, 0.2) is 24.3 Å². The molecule has 1 N–H and O–H groups in total. The maximum absolute atomic E-state index is 13.2. The molecular formula is C18H23F3N2O4. The third kappa shape index (κ3) is 6.58. The summed E-state index contributed by atoms with van der Waals surface area (Å²) in [5.74, 6) is -1.42. The first-order valence-electron chi connectivity index (χ1n) is 8.38. The number of benzene rings is 1. The van der Waals surface area contributed by atoms with Crippen LogP contribution in [-0.4, -0.2) is 35.3 Å². The van der Waals surface area contributed by atoms with E-state index in [0.29, 0.717) is 13.1 Å². The number of nitro benzene ring substituents is 1. The molecule has 0 unspecified atom stereocenters. The van der Waals surface area contributed by atoms with Crippen molar-refractivity contribution in [2.45, 2.75) is 33.9 Å². The third-order valence-corrected chi connectivity index (χ3v) is 3.57. The van der Waals surface area contributed by atoms with Crippen LogP contribution in [0.5, 0.6) is 0 Å². The number of halogens is 3. The van der Waals surface area contributed by atoms with Crippen molar-refractivity contribution in [3.63, 3.8) is 0 Å². The van der Waals surface area contributed by atoms with Crippen LogP contribution in [0, 0.1) is 22.0 Å². The Kier molecular flexibility index (Phi) is 7.38. The lowest BCUT2D eigenvalue weighted by Gasteiger charge is -2.28. The van der Waals surface area contributed by atoms with Crippen molar-refractivity contribution in [3.05, 3.63) is 40.0 Å². The lowest BCUT2D eigenvalue weighted by molar-refractivity contribution is -0.384. The van der Waals surface area contributed by atoms with E-state index < -0.39 is 33.9 Å². The predicted molar refractivity (Wildman–Crippen MR) is 96.7 cm³/mol. The largest absolute Gasteiger partial charge is 0.478 e. The number of anilines is 1. The summed E-state index contributed by atoms with van der Waals surface area (Å²) >= 11 is 0. The van der Waals surface area contributed by atoms with Gasteiger partial charge in [0.15, 0.2) is 0 Å². The highest BCUT2D eigenvalue weighted by Crippen LogP contribution is 2.38. The second-order valence-electron chi connectivity index (χ2n) is 7.05. The number of aliphatic carboxylic acids is 1. The number of hydrogen-bond acceptors (Lipinski definition) is 4. The Morgan fingerprint density at radius 1 is 1.22 bits per heavy atom. The zero-order chi connectivity index (χ0) is 20.9. The smallest absolute Gasteiger partial charge is 0.417 e. The molecule has 0 aromatic heterocycles. The number of nitrogens with zero attached hydrogens (tertiary/aromatic N) is 2. The quantitative estimate of drug-likeness (QED) is 0.395. The molecule has 0 fully saturated rings. The normalized spacial score (nSPS) is 12.6. The molecule has 0 bridgehead atoms. The molecule has 0 saturated heterocycles. The van der Waals surface area contributed by atoms with Crippen LogP contribution in [-0.2, 0) is 4.79 Å². The zero-order valence-corrected chi connectivity index (χ0v) is 15.6. The van der Waals surface area contributed by atoms with E-state index in [4.69, 9.17) is 5.11 Å². The van der Waals surface area contributed by atoms with Crippen molar-refractivity contribution in [3.8, 4) is 0 Å². The van der Waals surface area contributed by atoms with Crippen molar-refractivity contribution in [2.24, 2.45) is 11.8 Å². The van der Waals surface area contributed by atoms with Crippen molar-refractivity contribution in [1.29, 1.82) is 0 Å². The van der Waals surface area contributed by atoms with Gasteiger partial charge in [-0.25, -0.2) is 4.79 Å². The molecule has 0 aliphatic heterocycles. The van der Waals surface area contributed by atoms with Gasteiger partial charge in [-0.2, -0.15) is 13.2 Å². The van der Waals surface area contributed by atoms with E-state index in [1.54, 1.807) is 4.90 Å². The summed E-state index contributed by atoms with van der Waals surface area (Å²) in [5.41, 5.74) is -2.28. The molecule has 1 rings (SSSR count). The summed E-state index contributed by atoms with van der Waals surface area (Å²) < 4.78 is 39.6. The van der Waals surface area contributed by atoms with Crippen LogP contribution in [0.4, 0.5) is 24.5 Å². The maximum atomic E-state index is 13.2. The molecule has 0 amide bonds. The second-order valence-corrected chi connectivity index (χ2v) is 7.05. The highest BCUT2D eigenvalue weighted by atomic mass is 19.4. The number of rotatable bonds is 8. The molecule has 0 radical (unpaired) electrons. The van der Waals surface area contributed by atoms with Gasteiger partial charge in [-0.1, -0.05) is 33.8 Å². The van der Waals surface area contributed by atoms with Crippen molar-refractivity contribution in [1.82, 2.24) is 0 Å². The molecule has 0 atom stereocenters. The minimum absolute atomic E-state index is 0.0126. The number of alkyl halides is 3. The van der Waals surface area contributed by atoms with Crippen LogP contribution >= 0.6 is 0 Å². The van der Waals surface area contributed by atoms with Gasteiger partial charge in [0.25, 0.3) is 5.69 Å². The topological polar surface area (TPSA) is 83.7 Å². The monoisotopic (exact) mass is 388 g/mol. The summed E-state index contributed by atoms with van der Waals surface area (Å²) in [6.07, 6.45) is -4.94. The van der Waals surface area contributed by atoms with Gasteiger partial charge in [0.1, 0.15) is 5.69 Å². The number of carboxylic acid groups (broad SMARTS) is 1. The van der Waals surface area contributed by atoms with E-state index >= 15 is 0 Å². The first-order chi connectivity index (χ1) is 12.3. The van der Waals surface area contributed by atoms with Gasteiger partial charge in [-0.3, -0.25) is 10.1 Å². The fourth-order valence-corrected chi connectivity index (χ4v) is 2.71. The molecule has 150 valence electrons. The van der Waals surface area contributed by atoms with Crippen molar-refractivity contribution in [2.75, 3.05) is 18.0 Å². The molecule has 0 aliphatic rings. The summed E-state index contributed by atoms with van der Waals surface area (Å²) in [7, 11) is 0. The van der Waals surface area contributed by atoms with Gasteiger partial charge in [0, 0.05) is 25.2 Å². The highest BCUT2D eigenvalue weighted by Gasteiger charge is 2.36. The second kappa shape index (κ2) is 8.88. The molecule has 0 saturated carbocycles. The summed E-state index contributed by atoms with van der Waals surface area (Å²) in [4.78, 5) is 23.3. The predicted octanol–water partition coefficient (Wildman–Crippen LogP) is 4.74. The van der Waals surface area contributed by atoms with E-state index in [2.05, 4.69) is 0 Å². The Labute approximate surface area is 155 Å². The molecule has 1 aromatic rings. The molecule has 0 spiro atoms. The SMILES string of the molecule is CC(C)CN(CC(C)C)c1ccc(C(=CC(=O)O)C(F)(F)F)cc1[N+](=O)[O-]. The molecule has 27 heavy (non-hydrogen) atoms. The average Bonchev–Trinajstić information content (AvgIpc) is 2.49. The first-order valence-corrected chi connectivity index (χ1v) is 8.38. The molecule has 0 aliphatic carbocycles. The summed E-state index contributed by atoms with van der Waals surface area (Å²) in [5, 5.41) is 20.2. The third-order valence-electron chi connectivity index (χ3n) is 3.57. The van der Waals surface area contributed by atoms with Gasteiger partial charge in [-0.15, -0.1) is 0 Å². The van der Waals surface area contributed by atoms with Gasteiger partial charge in [0.05, 0.1) is 10.5 Å².